The highest BCUT2D eigenvalue weighted by Gasteiger charge is 2.31. The van der Waals surface area contributed by atoms with Crippen molar-refractivity contribution in [1.82, 2.24) is 10.2 Å². The van der Waals surface area contributed by atoms with Crippen LogP contribution in [0, 0.1) is 0 Å². The van der Waals surface area contributed by atoms with Crippen molar-refractivity contribution >= 4 is 0 Å². The summed E-state index contributed by atoms with van der Waals surface area (Å²) in [4.78, 5) is 2.49. The van der Waals surface area contributed by atoms with Crippen molar-refractivity contribution in [3.63, 3.8) is 0 Å². The smallest absolute Gasteiger partial charge is 0.106 e. The number of likely N-dealkylation sites (N-methyl/N-ethyl adjacent to an activating group) is 1. The van der Waals surface area contributed by atoms with Gasteiger partial charge in [-0.2, -0.15) is 0 Å². The molecule has 3 nitrogen and oxygen atoms in total. The molecule has 0 amide bonds. The minimum absolute atomic E-state index is 0.234. The minimum atomic E-state index is 0.234. The average Bonchev–Trinajstić information content (AvgIpc) is 3.12. The van der Waals surface area contributed by atoms with Gasteiger partial charge in [0.1, 0.15) is 5.76 Å². The minimum Gasteiger partial charge on any atom is -0.494 e. The Bertz CT molecular complexity index is 274. The Balaban J connectivity index is 0.000000861. The van der Waals surface area contributed by atoms with Crippen LogP contribution in [-0.2, 0) is 4.74 Å². The summed E-state index contributed by atoms with van der Waals surface area (Å²) in [5, 5.41) is 3.64. The van der Waals surface area contributed by atoms with Crippen LogP contribution in [0.2, 0.25) is 0 Å². The van der Waals surface area contributed by atoms with E-state index in [1.54, 1.807) is 0 Å². The molecule has 1 saturated heterocycles. The van der Waals surface area contributed by atoms with Gasteiger partial charge >= 0.3 is 0 Å². The van der Waals surface area contributed by atoms with Gasteiger partial charge in [0.25, 0.3) is 0 Å². The van der Waals surface area contributed by atoms with E-state index < -0.39 is 0 Å². The van der Waals surface area contributed by atoms with Gasteiger partial charge in [-0.05, 0) is 46.6 Å². The van der Waals surface area contributed by atoms with Crippen molar-refractivity contribution in [3.8, 4) is 0 Å². The Kier molecular flexibility index (Phi) is 6.87. The van der Waals surface area contributed by atoms with Crippen molar-refractivity contribution in [3.05, 3.63) is 12.3 Å². The lowest BCUT2D eigenvalue weighted by Gasteiger charge is -2.23. The first-order valence-electron chi connectivity index (χ1n) is 7.88. The maximum atomic E-state index is 5.68. The number of nitrogens with zero attached hydrogens (tertiary/aromatic N) is 1. The third-order valence-electron chi connectivity index (χ3n) is 3.70. The molecule has 2 aliphatic rings. The maximum absolute atomic E-state index is 5.68. The molecule has 0 spiro atoms. The zero-order valence-corrected chi connectivity index (χ0v) is 13.4. The normalized spacial score (nSPS) is 26.3. The van der Waals surface area contributed by atoms with E-state index in [2.05, 4.69) is 37.7 Å². The fourth-order valence-corrected chi connectivity index (χ4v) is 2.61. The molecule has 0 aromatic carbocycles. The van der Waals surface area contributed by atoms with Gasteiger partial charge in [0.15, 0.2) is 0 Å². The molecule has 2 rings (SSSR count). The van der Waals surface area contributed by atoms with Crippen LogP contribution in [0.5, 0.6) is 0 Å². The monoisotopic (exact) mass is 268 g/mol. The van der Waals surface area contributed by atoms with Crippen molar-refractivity contribution in [2.45, 2.75) is 77.6 Å². The lowest BCUT2D eigenvalue weighted by Crippen LogP contribution is -2.40. The van der Waals surface area contributed by atoms with Crippen LogP contribution in [0.15, 0.2) is 12.3 Å². The average molecular weight is 268 g/mol. The highest BCUT2D eigenvalue weighted by Crippen LogP contribution is 2.27. The van der Waals surface area contributed by atoms with E-state index in [1.165, 1.54) is 19.3 Å². The summed E-state index contributed by atoms with van der Waals surface area (Å²) in [5.74, 6) is 0.913. The Morgan fingerprint density at radius 1 is 1.26 bits per heavy atom. The third kappa shape index (κ3) is 5.53. The van der Waals surface area contributed by atoms with Crippen LogP contribution in [-0.4, -0.2) is 42.7 Å². The second-order valence-electron chi connectivity index (χ2n) is 5.80. The predicted octanol–water partition coefficient (Wildman–Crippen LogP) is 3.17. The van der Waals surface area contributed by atoms with Crippen LogP contribution < -0.4 is 5.32 Å². The van der Waals surface area contributed by atoms with Gasteiger partial charge in [0.05, 0.1) is 12.1 Å². The highest BCUT2D eigenvalue weighted by atomic mass is 16.5. The molecule has 2 fully saturated rings. The van der Waals surface area contributed by atoms with E-state index in [4.69, 9.17) is 4.74 Å². The Morgan fingerprint density at radius 3 is 2.42 bits per heavy atom. The van der Waals surface area contributed by atoms with Gasteiger partial charge in [-0.3, -0.25) is 0 Å². The topological polar surface area (TPSA) is 24.5 Å². The van der Waals surface area contributed by atoms with E-state index >= 15 is 0 Å². The Labute approximate surface area is 119 Å². The van der Waals surface area contributed by atoms with Gasteiger partial charge in [-0.25, -0.2) is 0 Å². The van der Waals surface area contributed by atoms with Gasteiger partial charge in [-0.1, -0.05) is 20.4 Å². The number of ether oxygens (including phenoxy) is 1. The Morgan fingerprint density at radius 2 is 1.89 bits per heavy atom. The van der Waals surface area contributed by atoms with Crippen molar-refractivity contribution in [2.24, 2.45) is 0 Å². The van der Waals surface area contributed by atoms with E-state index in [1.807, 2.05) is 13.8 Å². The molecule has 112 valence electrons. The molecule has 0 aromatic rings. The zero-order chi connectivity index (χ0) is 14.4. The summed E-state index contributed by atoms with van der Waals surface area (Å²) in [6.07, 6.45) is 5.40. The molecule has 1 aliphatic heterocycles. The summed E-state index contributed by atoms with van der Waals surface area (Å²) in [7, 11) is 2.24. The predicted molar refractivity (Wildman–Crippen MR) is 82.3 cm³/mol. The molecule has 0 aromatic heterocycles. The SMILES string of the molecule is C=C(OC(C)C)C1CCC(CN(C)C2CC2)N1.CC. The first-order valence-corrected chi connectivity index (χ1v) is 7.88. The molecule has 19 heavy (non-hydrogen) atoms. The molecule has 1 heterocycles. The highest BCUT2D eigenvalue weighted by molar-refractivity contribution is 5.03. The fourth-order valence-electron chi connectivity index (χ4n) is 2.61. The molecule has 2 atom stereocenters. The molecule has 0 bridgehead atoms. The zero-order valence-electron chi connectivity index (χ0n) is 13.4. The summed E-state index contributed by atoms with van der Waals surface area (Å²) >= 11 is 0. The second-order valence-corrected chi connectivity index (χ2v) is 5.80. The van der Waals surface area contributed by atoms with Crippen molar-refractivity contribution in [1.29, 1.82) is 0 Å². The van der Waals surface area contributed by atoms with Gasteiger partial charge in [-0.15, -0.1) is 0 Å². The number of nitrogens with one attached hydrogen (secondary N) is 1. The van der Waals surface area contributed by atoms with E-state index in [0.29, 0.717) is 12.1 Å². The van der Waals surface area contributed by atoms with Crippen LogP contribution in [0.25, 0.3) is 0 Å². The first kappa shape index (κ1) is 16.5. The summed E-state index contributed by atoms with van der Waals surface area (Å²) < 4.78 is 5.68. The van der Waals surface area contributed by atoms with Gasteiger partial charge in [0.2, 0.25) is 0 Å². The van der Waals surface area contributed by atoms with E-state index in [9.17, 15) is 0 Å². The maximum Gasteiger partial charge on any atom is 0.106 e. The molecular formula is C16H32N2O. The van der Waals surface area contributed by atoms with E-state index in [0.717, 1.165) is 24.8 Å². The van der Waals surface area contributed by atoms with E-state index in [-0.39, 0.29) is 6.10 Å². The van der Waals surface area contributed by atoms with Gasteiger partial charge < -0.3 is 15.0 Å². The van der Waals surface area contributed by atoms with Gasteiger partial charge in [0, 0.05) is 18.6 Å². The summed E-state index contributed by atoms with van der Waals surface area (Å²) in [6.45, 7) is 13.3. The Hall–Kier alpha value is -0.540. The molecule has 1 aliphatic carbocycles. The number of hydrogen-bond acceptors (Lipinski definition) is 3. The molecular weight excluding hydrogens is 236 g/mol. The second kappa shape index (κ2) is 7.91. The quantitative estimate of drug-likeness (QED) is 0.749. The largest absolute Gasteiger partial charge is 0.494 e. The number of hydrogen-bond donors (Lipinski definition) is 1. The molecule has 0 radical (unpaired) electrons. The summed E-state index contributed by atoms with van der Waals surface area (Å²) in [5.41, 5.74) is 0. The standard InChI is InChI=1S/C14H26N2O.C2H6/c1-10(2)17-11(3)14-8-5-12(15-14)9-16(4)13-6-7-13;1-2/h10,12-15H,3,5-9H2,1-2,4H3;1-2H3. The van der Waals surface area contributed by atoms with Crippen molar-refractivity contribution < 1.29 is 4.74 Å². The van der Waals surface area contributed by atoms with Crippen LogP contribution in [0.1, 0.15) is 53.4 Å². The summed E-state index contributed by atoms with van der Waals surface area (Å²) in [6, 6.07) is 1.82. The van der Waals surface area contributed by atoms with Crippen LogP contribution in [0.3, 0.4) is 0 Å². The molecule has 3 heteroatoms. The van der Waals surface area contributed by atoms with Crippen molar-refractivity contribution in [2.75, 3.05) is 13.6 Å². The lowest BCUT2D eigenvalue weighted by atomic mass is 10.1. The first-order chi connectivity index (χ1) is 9.06. The number of rotatable bonds is 6. The van der Waals surface area contributed by atoms with Crippen LogP contribution in [0.4, 0.5) is 0 Å². The lowest BCUT2D eigenvalue weighted by molar-refractivity contribution is 0.130. The molecule has 1 N–H and O–H groups in total. The molecule has 1 saturated carbocycles. The van der Waals surface area contributed by atoms with Crippen LogP contribution >= 0.6 is 0 Å². The molecule has 2 unspecified atom stereocenters. The fraction of sp³-hybridized carbons (Fsp3) is 0.875. The third-order valence-corrected chi connectivity index (χ3v) is 3.70.